The molecule has 4 N–H and O–H groups in total. The van der Waals surface area contributed by atoms with Crippen LogP contribution in [0.2, 0.25) is 0 Å². The average Bonchev–Trinajstić information content (AvgIpc) is 3.24. The number of amides is 5. The van der Waals surface area contributed by atoms with E-state index in [-0.39, 0.29) is 30.7 Å². The molecule has 1 fully saturated rings. The standard InChI is InChI=1S/C22H39N5O7/c1-15(16(2)29)25-18(30)12-23-20(32)17-8-7-10-26(17)19(31)13-24-21(33)27(5,6)14-34-22(3,4)9-11-28/h11,15-17,29H,7-10,12-14H2,1-6H3,(H2-,23,24,25,30,32,33)/p+1. The third-order valence-corrected chi connectivity index (χ3v) is 5.70. The fourth-order valence-corrected chi connectivity index (χ4v) is 3.17. The summed E-state index contributed by atoms with van der Waals surface area (Å²) >= 11 is 0. The van der Waals surface area contributed by atoms with Crippen LogP contribution in [0, 0.1) is 0 Å². The number of hydrogen-bond acceptors (Lipinski definition) is 7. The molecule has 3 unspecified atom stereocenters. The van der Waals surface area contributed by atoms with Crippen molar-refractivity contribution in [2.45, 2.75) is 70.7 Å². The molecule has 1 rings (SSSR count). The van der Waals surface area contributed by atoms with Gasteiger partial charge in [0.15, 0.2) is 6.73 Å². The number of aldehydes is 1. The summed E-state index contributed by atoms with van der Waals surface area (Å²) in [5.74, 6) is -1.29. The molecule has 0 spiro atoms. The highest BCUT2D eigenvalue weighted by molar-refractivity contribution is 5.92. The fraction of sp³-hybridized carbons (Fsp3) is 0.773. The van der Waals surface area contributed by atoms with Gasteiger partial charge in [-0.25, -0.2) is 9.28 Å². The molecule has 0 aliphatic carbocycles. The molecule has 34 heavy (non-hydrogen) atoms. The summed E-state index contributed by atoms with van der Waals surface area (Å²) in [6.45, 7) is 6.52. The monoisotopic (exact) mass is 486 g/mol. The average molecular weight is 487 g/mol. The lowest BCUT2D eigenvalue weighted by Crippen LogP contribution is -2.56. The largest absolute Gasteiger partial charge is 0.418 e. The Morgan fingerprint density at radius 1 is 1.18 bits per heavy atom. The number of carbonyl (C=O) groups is 5. The molecule has 12 heteroatoms. The number of ether oxygens (including phenoxy) is 1. The number of urea groups is 1. The van der Waals surface area contributed by atoms with Crippen molar-refractivity contribution in [3.05, 3.63) is 0 Å². The van der Waals surface area contributed by atoms with Gasteiger partial charge < -0.3 is 30.2 Å². The highest BCUT2D eigenvalue weighted by Gasteiger charge is 2.36. The van der Waals surface area contributed by atoms with E-state index in [1.54, 1.807) is 41.8 Å². The van der Waals surface area contributed by atoms with Crippen LogP contribution in [0.4, 0.5) is 4.79 Å². The molecule has 0 radical (unpaired) electrons. The van der Waals surface area contributed by atoms with Gasteiger partial charge in [0.1, 0.15) is 18.9 Å². The van der Waals surface area contributed by atoms with Gasteiger partial charge in [0, 0.05) is 13.0 Å². The van der Waals surface area contributed by atoms with Crippen molar-refractivity contribution < 1.29 is 38.3 Å². The van der Waals surface area contributed by atoms with Crippen molar-refractivity contribution >= 4 is 30.0 Å². The number of rotatable bonds is 12. The number of aliphatic hydroxyl groups is 1. The normalized spacial score (nSPS) is 18.1. The van der Waals surface area contributed by atoms with Gasteiger partial charge in [0.2, 0.25) is 17.7 Å². The van der Waals surface area contributed by atoms with E-state index in [0.717, 1.165) is 6.29 Å². The minimum Gasteiger partial charge on any atom is -0.391 e. The maximum absolute atomic E-state index is 12.7. The van der Waals surface area contributed by atoms with E-state index < -0.39 is 47.5 Å². The van der Waals surface area contributed by atoms with Gasteiger partial charge >= 0.3 is 6.03 Å². The Morgan fingerprint density at radius 3 is 2.41 bits per heavy atom. The predicted molar refractivity (Wildman–Crippen MR) is 123 cm³/mol. The number of nitrogens with zero attached hydrogens (tertiary/aromatic N) is 2. The molecule has 1 heterocycles. The molecule has 0 aromatic carbocycles. The molecule has 0 aromatic heterocycles. The lowest BCUT2D eigenvalue weighted by molar-refractivity contribution is -0.834. The topological polar surface area (TPSA) is 154 Å². The summed E-state index contributed by atoms with van der Waals surface area (Å²) in [6, 6.07) is -1.62. The van der Waals surface area contributed by atoms with Crippen LogP contribution in [-0.4, -0.2) is 109 Å². The van der Waals surface area contributed by atoms with Gasteiger partial charge in [0.25, 0.3) is 0 Å². The Balaban J connectivity index is 2.55. The first-order valence-electron chi connectivity index (χ1n) is 11.4. The van der Waals surface area contributed by atoms with Gasteiger partial charge in [-0.2, -0.15) is 0 Å². The number of quaternary nitrogens is 1. The second kappa shape index (κ2) is 12.8. The first-order chi connectivity index (χ1) is 15.7. The number of carbonyl (C=O) groups excluding carboxylic acids is 5. The molecule has 1 saturated heterocycles. The quantitative estimate of drug-likeness (QED) is 0.158. The van der Waals surface area contributed by atoms with Crippen LogP contribution in [0.5, 0.6) is 0 Å². The van der Waals surface area contributed by atoms with E-state index in [0.29, 0.717) is 19.4 Å². The maximum atomic E-state index is 12.7. The molecule has 0 aromatic rings. The van der Waals surface area contributed by atoms with Crippen molar-refractivity contribution in [2.75, 3.05) is 40.5 Å². The lowest BCUT2D eigenvalue weighted by Gasteiger charge is -2.31. The molecule has 1 aliphatic heterocycles. The van der Waals surface area contributed by atoms with E-state index in [4.69, 9.17) is 4.74 Å². The highest BCUT2D eigenvalue weighted by atomic mass is 16.5. The lowest BCUT2D eigenvalue weighted by atomic mass is 10.1. The van der Waals surface area contributed by atoms with E-state index >= 15 is 0 Å². The Kier molecular flexibility index (Phi) is 11.1. The summed E-state index contributed by atoms with van der Waals surface area (Å²) in [7, 11) is 3.23. The van der Waals surface area contributed by atoms with Gasteiger partial charge in [0.05, 0.1) is 38.4 Å². The fourth-order valence-electron chi connectivity index (χ4n) is 3.17. The molecule has 3 atom stereocenters. The van der Waals surface area contributed by atoms with Gasteiger partial charge in [-0.05, 0) is 40.5 Å². The number of hydrogen-bond donors (Lipinski definition) is 4. The van der Waals surface area contributed by atoms with Gasteiger partial charge in [-0.15, -0.1) is 0 Å². The molecule has 5 amide bonds. The minimum atomic E-state index is -0.726. The molecule has 12 nitrogen and oxygen atoms in total. The van der Waals surface area contributed by atoms with Gasteiger partial charge in [-0.1, -0.05) is 0 Å². The van der Waals surface area contributed by atoms with E-state index in [9.17, 15) is 29.1 Å². The zero-order valence-electron chi connectivity index (χ0n) is 21.1. The first kappa shape index (κ1) is 29.5. The molecule has 0 saturated carbocycles. The van der Waals surface area contributed by atoms with Crippen molar-refractivity contribution in [1.29, 1.82) is 0 Å². The summed E-state index contributed by atoms with van der Waals surface area (Å²) in [5.41, 5.74) is -0.714. The van der Waals surface area contributed by atoms with Crippen LogP contribution in [0.15, 0.2) is 0 Å². The Bertz CT molecular complexity index is 754. The predicted octanol–water partition coefficient (Wildman–Crippen LogP) is -0.893. The Labute approximate surface area is 200 Å². The summed E-state index contributed by atoms with van der Waals surface area (Å²) in [6.07, 6.45) is 1.30. The third-order valence-electron chi connectivity index (χ3n) is 5.70. The molecular formula is C22H40N5O7+. The van der Waals surface area contributed by atoms with Crippen molar-refractivity contribution in [1.82, 2.24) is 20.9 Å². The van der Waals surface area contributed by atoms with Gasteiger partial charge in [-0.3, -0.25) is 19.7 Å². The summed E-state index contributed by atoms with van der Waals surface area (Å²) < 4.78 is 5.47. The summed E-state index contributed by atoms with van der Waals surface area (Å²) in [5, 5.41) is 17.1. The van der Waals surface area contributed by atoms with Crippen LogP contribution in [-0.2, 0) is 23.9 Å². The molecule has 194 valence electrons. The van der Waals surface area contributed by atoms with E-state index in [1.807, 2.05) is 0 Å². The van der Waals surface area contributed by atoms with Crippen LogP contribution in [0.25, 0.3) is 0 Å². The smallest absolute Gasteiger partial charge is 0.391 e. The first-order valence-corrected chi connectivity index (χ1v) is 11.4. The van der Waals surface area contributed by atoms with Crippen LogP contribution < -0.4 is 16.0 Å². The molecule has 1 aliphatic rings. The Hall–Kier alpha value is -2.57. The second-order valence-electron chi connectivity index (χ2n) is 9.81. The third kappa shape index (κ3) is 9.35. The van der Waals surface area contributed by atoms with Crippen molar-refractivity contribution in [2.24, 2.45) is 0 Å². The number of likely N-dealkylation sites (tertiary alicyclic amines) is 1. The molecule has 0 bridgehead atoms. The molecular weight excluding hydrogens is 446 g/mol. The minimum absolute atomic E-state index is 0.00531. The van der Waals surface area contributed by atoms with Crippen LogP contribution in [0.3, 0.4) is 0 Å². The zero-order valence-corrected chi connectivity index (χ0v) is 21.1. The van der Waals surface area contributed by atoms with E-state index in [2.05, 4.69) is 16.0 Å². The Morgan fingerprint density at radius 2 is 1.82 bits per heavy atom. The zero-order chi connectivity index (χ0) is 26.1. The van der Waals surface area contributed by atoms with Crippen LogP contribution in [0.1, 0.15) is 47.0 Å². The second-order valence-corrected chi connectivity index (χ2v) is 9.81. The van der Waals surface area contributed by atoms with Crippen molar-refractivity contribution in [3.8, 4) is 0 Å². The maximum Gasteiger partial charge on any atom is 0.418 e. The number of aliphatic hydroxyl groups excluding tert-OH is 1. The van der Waals surface area contributed by atoms with Crippen LogP contribution >= 0.6 is 0 Å². The van der Waals surface area contributed by atoms with Crippen molar-refractivity contribution in [3.63, 3.8) is 0 Å². The highest BCUT2D eigenvalue weighted by Crippen LogP contribution is 2.18. The number of nitrogens with one attached hydrogen (secondary N) is 3. The summed E-state index contributed by atoms with van der Waals surface area (Å²) in [4.78, 5) is 61.9. The SMILES string of the molecule is CC(O)C(C)NC(=O)CNC(=O)C1CCCN1C(=O)CNC(=O)[N+](C)(C)COC(C)(C)CC=O. The van der Waals surface area contributed by atoms with E-state index in [1.165, 1.54) is 4.90 Å².